The minimum atomic E-state index is -0.681. The number of thiazole rings is 1. The van der Waals surface area contributed by atoms with E-state index in [0.717, 1.165) is 10.7 Å². The maximum Gasteiger partial charge on any atom is 0.153 e. The van der Waals surface area contributed by atoms with Gasteiger partial charge in [-0.15, -0.1) is 11.3 Å². The van der Waals surface area contributed by atoms with Crippen LogP contribution in [0.4, 0.5) is 4.39 Å². The minimum Gasteiger partial charge on any atom is -0.385 e. The number of H-pyrrole nitrogens is 1. The third kappa shape index (κ3) is 3.55. The number of halogens is 1. The Labute approximate surface area is 130 Å². The first-order valence-electron chi connectivity index (χ1n) is 6.92. The summed E-state index contributed by atoms with van der Waals surface area (Å²) in [5, 5.41) is 19.1. The maximum atomic E-state index is 13.6. The van der Waals surface area contributed by atoms with Gasteiger partial charge in [-0.1, -0.05) is 18.2 Å². The molecule has 0 aliphatic heterocycles. The zero-order valence-corrected chi connectivity index (χ0v) is 12.6. The lowest BCUT2D eigenvalue weighted by Crippen LogP contribution is -2.02. The molecule has 0 radical (unpaired) electrons. The molecule has 114 valence electrons. The molecule has 0 amide bonds. The molecule has 3 rings (SSSR count). The molecular formula is C15H15FN4OS. The van der Waals surface area contributed by atoms with E-state index in [9.17, 15) is 9.50 Å². The Morgan fingerprint density at radius 3 is 2.95 bits per heavy atom. The van der Waals surface area contributed by atoms with Crippen molar-refractivity contribution < 1.29 is 9.50 Å². The lowest BCUT2D eigenvalue weighted by molar-refractivity contribution is 0.158. The Kier molecular flexibility index (Phi) is 4.55. The first-order valence-corrected chi connectivity index (χ1v) is 7.80. The smallest absolute Gasteiger partial charge is 0.153 e. The zero-order chi connectivity index (χ0) is 15.4. The van der Waals surface area contributed by atoms with Crippen molar-refractivity contribution in [3.8, 4) is 0 Å². The van der Waals surface area contributed by atoms with Crippen LogP contribution in [0.2, 0.25) is 0 Å². The molecule has 3 aromatic rings. The molecule has 0 spiro atoms. The Hall–Kier alpha value is -2.12. The van der Waals surface area contributed by atoms with Crippen molar-refractivity contribution in [2.24, 2.45) is 0 Å². The number of nitrogens with one attached hydrogen (secondary N) is 1. The minimum absolute atomic E-state index is 0.208. The number of aromatic amines is 1. The number of aliphatic hydroxyl groups is 1. The quantitative estimate of drug-likeness (QED) is 0.733. The zero-order valence-electron chi connectivity index (χ0n) is 11.7. The van der Waals surface area contributed by atoms with E-state index in [2.05, 4.69) is 20.2 Å². The molecular weight excluding hydrogens is 303 g/mol. The molecule has 5 nitrogen and oxygen atoms in total. The molecule has 0 saturated heterocycles. The number of hydrogen-bond acceptors (Lipinski definition) is 5. The maximum absolute atomic E-state index is 13.6. The fraction of sp³-hybridized carbons (Fsp3) is 0.267. The van der Waals surface area contributed by atoms with E-state index in [1.165, 1.54) is 23.7 Å². The van der Waals surface area contributed by atoms with E-state index >= 15 is 0 Å². The van der Waals surface area contributed by atoms with Gasteiger partial charge >= 0.3 is 0 Å². The van der Waals surface area contributed by atoms with Gasteiger partial charge in [-0.2, -0.15) is 5.10 Å². The monoisotopic (exact) mass is 318 g/mol. The van der Waals surface area contributed by atoms with Crippen molar-refractivity contribution in [2.75, 3.05) is 0 Å². The Bertz CT molecular complexity index is 729. The molecule has 0 aliphatic carbocycles. The van der Waals surface area contributed by atoms with Crippen molar-refractivity contribution in [1.82, 2.24) is 20.2 Å². The summed E-state index contributed by atoms with van der Waals surface area (Å²) in [6, 6.07) is 6.72. The number of aliphatic hydroxyl groups excluding tert-OH is 1. The summed E-state index contributed by atoms with van der Waals surface area (Å²) in [6.07, 6.45) is 2.32. The van der Waals surface area contributed by atoms with Crippen LogP contribution in [0.25, 0.3) is 0 Å². The van der Waals surface area contributed by atoms with E-state index < -0.39 is 6.10 Å². The van der Waals surface area contributed by atoms with Gasteiger partial charge in [-0.25, -0.2) is 14.4 Å². The normalized spacial score (nSPS) is 12.5. The second-order valence-electron chi connectivity index (χ2n) is 4.93. The van der Waals surface area contributed by atoms with E-state index in [1.54, 1.807) is 12.1 Å². The van der Waals surface area contributed by atoms with Gasteiger partial charge in [0.25, 0.3) is 0 Å². The van der Waals surface area contributed by atoms with Gasteiger partial charge in [0.15, 0.2) is 5.82 Å². The van der Waals surface area contributed by atoms with Gasteiger partial charge in [-0.05, 0) is 24.5 Å². The number of aromatic nitrogens is 4. The molecule has 2 N–H and O–H groups in total. The topological polar surface area (TPSA) is 74.7 Å². The van der Waals surface area contributed by atoms with Gasteiger partial charge < -0.3 is 5.11 Å². The molecule has 0 bridgehead atoms. The molecule has 0 saturated carbocycles. The molecule has 2 aromatic heterocycles. The average Bonchev–Trinajstić information content (AvgIpc) is 3.19. The SMILES string of the molecule is OC(CCc1csc(Cc2ccccc2F)n1)c1ncn[nH]1. The number of hydrogen-bond donors (Lipinski definition) is 2. The van der Waals surface area contributed by atoms with Gasteiger partial charge in [-0.3, -0.25) is 5.10 Å². The fourth-order valence-electron chi connectivity index (χ4n) is 2.15. The summed E-state index contributed by atoms with van der Waals surface area (Å²) in [5.74, 6) is 0.252. The number of nitrogens with zero attached hydrogens (tertiary/aromatic N) is 3. The van der Waals surface area contributed by atoms with Crippen molar-refractivity contribution in [1.29, 1.82) is 0 Å². The molecule has 0 fully saturated rings. The van der Waals surface area contributed by atoms with Crippen LogP contribution in [0.5, 0.6) is 0 Å². The summed E-state index contributed by atoms with van der Waals surface area (Å²) in [4.78, 5) is 8.42. The molecule has 1 unspecified atom stereocenters. The van der Waals surface area contributed by atoms with Crippen LogP contribution >= 0.6 is 11.3 Å². The fourth-order valence-corrected chi connectivity index (χ4v) is 3.00. The molecule has 0 aliphatic rings. The van der Waals surface area contributed by atoms with E-state index in [1.807, 2.05) is 11.4 Å². The van der Waals surface area contributed by atoms with Gasteiger partial charge in [0.2, 0.25) is 0 Å². The predicted molar refractivity (Wildman–Crippen MR) is 81.0 cm³/mol. The number of aryl methyl sites for hydroxylation is 1. The molecule has 1 atom stereocenters. The van der Waals surface area contributed by atoms with E-state index in [-0.39, 0.29) is 5.82 Å². The Balaban J connectivity index is 1.58. The lowest BCUT2D eigenvalue weighted by atomic mass is 10.1. The van der Waals surface area contributed by atoms with Crippen LogP contribution in [0.1, 0.15) is 34.6 Å². The third-order valence-corrected chi connectivity index (χ3v) is 4.22. The first-order chi connectivity index (χ1) is 10.7. The van der Waals surface area contributed by atoms with Crippen molar-refractivity contribution in [3.63, 3.8) is 0 Å². The second kappa shape index (κ2) is 6.76. The summed E-state index contributed by atoms with van der Waals surface area (Å²) >= 11 is 1.51. The van der Waals surface area contributed by atoms with E-state index in [4.69, 9.17) is 0 Å². The Morgan fingerprint density at radius 2 is 2.18 bits per heavy atom. The van der Waals surface area contributed by atoms with E-state index in [0.29, 0.717) is 30.7 Å². The average molecular weight is 318 g/mol. The summed E-state index contributed by atoms with van der Waals surface area (Å²) in [6.45, 7) is 0. The highest BCUT2D eigenvalue weighted by Gasteiger charge is 2.12. The highest BCUT2D eigenvalue weighted by molar-refractivity contribution is 7.09. The van der Waals surface area contributed by atoms with Crippen LogP contribution in [-0.4, -0.2) is 25.3 Å². The molecule has 22 heavy (non-hydrogen) atoms. The van der Waals surface area contributed by atoms with Crippen molar-refractivity contribution in [3.05, 3.63) is 63.9 Å². The van der Waals surface area contributed by atoms with Gasteiger partial charge in [0, 0.05) is 11.8 Å². The molecule has 1 aromatic carbocycles. The van der Waals surface area contributed by atoms with Crippen LogP contribution in [0.3, 0.4) is 0 Å². The molecule has 7 heteroatoms. The third-order valence-electron chi connectivity index (χ3n) is 3.32. The standard InChI is InChI=1S/C15H15FN4OS/c16-12-4-2-1-3-10(12)7-14-19-11(8-22-14)5-6-13(21)15-17-9-18-20-15/h1-4,8-9,13,21H,5-7H2,(H,17,18,20). The summed E-state index contributed by atoms with van der Waals surface area (Å²) in [5.41, 5.74) is 1.54. The second-order valence-corrected chi connectivity index (χ2v) is 5.87. The van der Waals surface area contributed by atoms with Gasteiger partial charge in [0.05, 0.1) is 10.7 Å². The Morgan fingerprint density at radius 1 is 1.32 bits per heavy atom. The highest BCUT2D eigenvalue weighted by atomic mass is 32.1. The number of benzene rings is 1. The molecule has 2 heterocycles. The lowest BCUT2D eigenvalue weighted by Gasteiger charge is -2.05. The predicted octanol–water partition coefficient (Wildman–Crippen LogP) is 2.66. The number of rotatable bonds is 6. The van der Waals surface area contributed by atoms with Crippen molar-refractivity contribution >= 4 is 11.3 Å². The van der Waals surface area contributed by atoms with Crippen LogP contribution in [0.15, 0.2) is 36.0 Å². The summed E-state index contributed by atoms with van der Waals surface area (Å²) in [7, 11) is 0. The first kappa shape index (κ1) is 14.8. The largest absolute Gasteiger partial charge is 0.385 e. The van der Waals surface area contributed by atoms with Crippen LogP contribution in [-0.2, 0) is 12.8 Å². The van der Waals surface area contributed by atoms with Gasteiger partial charge in [0.1, 0.15) is 18.2 Å². The summed E-state index contributed by atoms with van der Waals surface area (Å²) < 4.78 is 13.6. The van der Waals surface area contributed by atoms with Crippen molar-refractivity contribution in [2.45, 2.75) is 25.4 Å². The van der Waals surface area contributed by atoms with Crippen LogP contribution < -0.4 is 0 Å². The van der Waals surface area contributed by atoms with Crippen LogP contribution in [0, 0.1) is 5.82 Å². The highest BCUT2D eigenvalue weighted by Crippen LogP contribution is 2.20.